The van der Waals surface area contributed by atoms with E-state index in [4.69, 9.17) is 10.8 Å². The van der Waals surface area contributed by atoms with Gasteiger partial charge >= 0.3 is 11.9 Å². The molecule has 26 heavy (non-hydrogen) atoms. The molecule has 0 aliphatic heterocycles. The average Bonchev–Trinajstić information content (AvgIpc) is 3.03. The predicted molar refractivity (Wildman–Crippen MR) is 85.7 cm³/mol. The lowest BCUT2D eigenvalue weighted by Crippen LogP contribution is -2.58. The number of aliphatic hydroxyl groups is 1. The van der Waals surface area contributed by atoms with Crippen LogP contribution in [0, 0.1) is 0 Å². The number of imidazole rings is 1. The highest BCUT2D eigenvalue weighted by Crippen LogP contribution is 2.02. The van der Waals surface area contributed by atoms with Crippen molar-refractivity contribution in [1.82, 2.24) is 20.6 Å². The molecule has 1 heterocycles. The first-order valence-electron chi connectivity index (χ1n) is 7.58. The van der Waals surface area contributed by atoms with Gasteiger partial charge in [0.05, 0.1) is 30.6 Å². The molecule has 0 bridgehead atoms. The van der Waals surface area contributed by atoms with Crippen molar-refractivity contribution in [2.75, 3.05) is 0 Å². The van der Waals surface area contributed by atoms with Crippen molar-refractivity contribution < 1.29 is 34.5 Å². The Morgan fingerprint density at radius 3 is 2.35 bits per heavy atom. The number of hydrogen-bond donors (Lipinski definition) is 7. The Bertz CT molecular complexity index is 646. The van der Waals surface area contributed by atoms with Crippen LogP contribution in [0.2, 0.25) is 0 Å². The van der Waals surface area contributed by atoms with Crippen LogP contribution in [0.5, 0.6) is 0 Å². The van der Waals surface area contributed by atoms with Gasteiger partial charge in [-0.15, -0.1) is 0 Å². The maximum absolute atomic E-state index is 12.3. The molecule has 1 aromatic heterocycles. The van der Waals surface area contributed by atoms with Crippen LogP contribution in [0.25, 0.3) is 0 Å². The van der Waals surface area contributed by atoms with Crippen LogP contribution in [0.4, 0.5) is 0 Å². The zero-order valence-corrected chi connectivity index (χ0v) is 13.9. The van der Waals surface area contributed by atoms with Gasteiger partial charge in [-0.1, -0.05) is 0 Å². The fourth-order valence-electron chi connectivity index (χ4n) is 2.02. The molecule has 0 saturated heterocycles. The van der Waals surface area contributed by atoms with Crippen molar-refractivity contribution >= 4 is 23.8 Å². The quantitative estimate of drug-likeness (QED) is 0.226. The molecule has 0 saturated carbocycles. The van der Waals surface area contributed by atoms with E-state index in [-0.39, 0.29) is 6.42 Å². The lowest BCUT2D eigenvalue weighted by atomic mass is 10.1. The number of aliphatic carboxylic acids is 2. The standard InChI is InChI=1S/C14H21N5O7/c1-6(20)11(19-12(23)8(15)3-10(21)22)13(24)18-9(14(25)26)2-7-4-16-5-17-7/h4-6,8-9,11,20H,2-3,15H2,1H3,(H,16,17)(H,18,24)(H,19,23)(H,21,22)(H,25,26)/t6-,8+,9+,11+/m1/s1. The van der Waals surface area contributed by atoms with Crippen LogP contribution in [0.3, 0.4) is 0 Å². The number of aromatic amines is 1. The number of carbonyl (C=O) groups is 4. The van der Waals surface area contributed by atoms with Crippen molar-refractivity contribution in [3.05, 3.63) is 18.2 Å². The van der Waals surface area contributed by atoms with E-state index in [0.717, 1.165) is 0 Å². The maximum Gasteiger partial charge on any atom is 0.326 e. The molecule has 0 aliphatic rings. The van der Waals surface area contributed by atoms with Crippen LogP contribution in [-0.4, -0.2) is 73.3 Å². The van der Waals surface area contributed by atoms with Gasteiger partial charge in [0.1, 0.15) is 12.1 Å². The number of carboxylic acids is 2. The fraction of sp³-hybridized carbons (Fsp3) is 0.500. The van der Waals surface area contributed by atoms with Crippen molar-refractivity contribution in [3.8, 4) is 0 Å². The van der Waals surface area contributed by atoms with Crippen molar-refractivity contribution in [1.29, 1.82) is 0 Å². The predicted octanol–water partition coefficient (Wildman–Crippen LogP) is -2.81. The Kier molecular flexibility index (Phi) is 7.68. The molecule has 12 nitrogen and oxygen atoms in total. The SMILES string of the molecule is C[C@@H](O)[C@H](NC(=O)[C@@H](N)CC(=O)O)C(=O)N[C@@H](Cc1c[nH]cn1)C(=O)O. The first-order valence-corrected chi connectivity index (χ1v) is 7.58. The number of nitrogens with zero attached hydrogens (tertiary/aromatic N) is 1. The Morgan fingerprint density at radius 2 is 1.88 bits per heavy atom. The largest absolute Gasteiger partial charge is 0.481 e. The number of nitrogens with one attached hydrogen (secondary N) is 3. The number of carbonyl (C=O) groups excluding carboxylic acids is 2. The molecule has 0 aliphatic carbocycles. The highest BCUT2D eigenvalue weighted by atomic mass is 16.4. The number of H-pyrrole nitrogens is 1. The molecule has 1 rings (SSSR count). The maximum atomic E-state index is 12.3. The second-order valence-corrected chi connectivity index (χ2v) is 5.60. The third-order valence-electron chi connectivity index (χ3n) is 3.38. The molecule has 8 N–H and O–H groups in total. The summed E-state index contributed by atoms with van der Waals surface area (Å²) in [4.78, 5) is 52.5. The minimum Gasteiger partial charge on any atom is -0.481 e. The highest BCUT2D eigenvalue weighted by molar-refractivity contribution is 5.93. The van der Waals surface area contributed by atoms with Crippen molar-refractivity contribution in [2.45, 2.75) is 44.0 Å². The second-order valence-electron chi connectivity index (χ2n) is 5.60. The molecular weight excluding hydrogens is 350 g/mol. The molecule has 0 fully saturated rings. The number of aliphatic hydroxyl groups excluding tert-OH is 1. The van der Waals surface area contributed by atoms with Gasteiger partial charge in [-0.05, 0) is 6.92 Å². The Balaban J connectivity index is 2.78. The van der Waals surface area contributed by atoms with Crippen molar-refractivity contribution in [3.63, 3.8) is 0 Å². The van der Waals surface area contributed by atoms with Crippen LogP contribution >= 0.6 is 0 Å². The summed E-state index contributed by atoms with van der Waals surface area (Å²) in [7, 11) is 0. The molecule has 0 radical (unpaired) electrons. The number of hydrogen-bond acceptors (Lipinski definition) is 7. The van der Waals surface area contributed by atoms with Gasteiger partial charge in [-0.3, -0.25) is 14.4 Å². The molecular formula is C14H21N5O7. The lowest BCUT2D eigenvalue weighted by Gasteiger charge is -2.24. The van der Waals surface area contributed by atoms with E-state index in [0.29, 0.717) is 5.69 Å². The normalized spacial score (nSPS) is 15.3. The summed E-state index contributed by atoms with van der Waals surface area (Å²) in [5.74, 6) is -4.57. The number of carboxylic acid groups (broad SMARTS) is 2. The van der Waals surface area contributed by atoms with E-state index in [9.17, 15) is 29.4 Å². The molecule has 1 aromatic rings. The summed E-state index contributed by atoms with van der Waals surface area (Å²) in [6, 6.07) is -4.29. The van der Waals surface area contributed by atoms with Gasteiger partial charge < -0.3 is 36.7 Å². The van der Waals surface area contributed by atoms with E-state index in [1.165, 1.54) is 19.4 Å². The van der Waals surface area contributed by atoms with E-state index in [1.807, 2.05) is 0 Å². The highest BCUT2D eigenvalue weighted by Gasteiger charge is 2.31. The Hall–Kier alpha value is -2.99. The Labute approximate surface area is 147 Å². The van der Waals surface area contributed by atoms with E-state index >= 15 is 0 Å². The fourth-order valence-corrected chi connectivity index (χ4v) is 2.02. The zero-order valence-electron chi connectivity index (χ0n) is 13.9. The Morgan fingerprint density at radius 1 is 1.23 bits per heavy atom. The van der Waals surface area contributed by atoms with Gasteiger partial charge in [0.25, 0.3) is 0 Å². The zero-order chi connectivity index (χ0) is 19.9. The molecule has 0 aromatic carbocycles. The number of amides is 2. The summed E-state index contributed by atoms with van der Waals surface area (Å²) in [5.41, 5.74) is 5.78. The monoisotopic (exact) mass is 371 g/mol. The third kappa shape index (κ3) is 6.49. The first kappa shape index (κ1) is 21.1. The van der Waals surface area contributed by atoms with E-state index in [1.54, 1.807) is 0 Å². The van der Waals surface area contributed by atoms with Gasteiger partial charge in [-0.25, -0.2) is 9.78 Å². The van der Waals surface area contributed by atoms with Crippen LogP contribution in [-0.2, 0) is 25.6 Å². The van der Waals surface area contributed by atoms with Crippen LogP contribution in [0.15, 0.2) is 12.5 Å². The van der Waals surface area contributed by atoms with E-state index in [2.05, 4.69) is 20.6 Å². The number of rotatable bonds is 10. The first-order chi connectivity index (χ1) is 12.1. The minimum atomic E-state index is -1.51. The topological polar surface area (TPSA) is 208 Å². The summed E-state index contributed by atoms with van der Waals surface area (Å²) in [6.45, 7) is 1.21. The lowest BCUT2D eigenvalue weighted by molar-refractivity contribution is -0.143. The molecule has 144 valence electrons. The molecule has 0 unspecified atom stereocenters. The third-order valence-corrected chi connectivity index (χ3v) is 3.38. The molecule has 4 atom stereocenters. The molecule has 12 heteroatoms. The summed E-state index contributed by atoms with van der Waals surface area (Å²) in [5, 5.41) is 31.9. The second kappa shape index (κ2) is 9.48. The number of aromatic nitrogens is 2. The van der Waals surface area contributed by atoms with Gasteiger partial charge in [0.2, 0.25) is 11.8 Å². The summed E-state index contributed by atoms with van der Waals surface area (Å²) < 4.78 is 0. The van der Waals surface area contributed by atoms with Gasteiger partial charge in [-0.2, -0.15) is 0 Å². The minimum absolute atomic E-state index is 0.121. The summed E-state index contributed by atoms with van der Waals surface area (Å²) >= 11 is 0. The van der Waals surface area contributed by atoms with Crippen LogP contribution in [0.1, 0.15) is 19.0 Å². The van der Waals surface area contributed by atoms with E-state index < -0.39 is 54.4 Å². The number of nitrogens with two attached hydrogens (primary N) is 1. The van der Waals surface area contributed by atoms with Crippen molar-refractivity contribution in [2.24, 2.45) is 5.73 Å². The summed E-state index contributed by atoms with van der Waals surface area (Å²) in [6.07, 6.45) is 0.635. The smallest absolute Gasteiger partial charge is 0.326 e. The molecule has 0 spiro atoms. The molecule has 2 amide bonds. The van der Waals surface area contributed by atoms with Crippen LogP contribution < -0.4 is 16.4 Å². The van der Waals surface area contributed by atoms with Gasteiger partial charge in [0.15, 0.2) is 0 Å². The average molecular weight is 371 g/mol. The van der Waals surface area contributed by atoms with Gasteiger partial charge in [0, 0.05) is 12.6 Å².